The van der Waals surface area contributed by atoms with Crippen molar-refractivity contribution < 1.29 is 13.2 Å². The third-order valence-corrected chi connectivity index (χ3v) is 6.41. The molecule has 1 aliphatic carbocycles. The lowest BCUT2D eigenvalue weighted by Crippen LogP contribution is -2.30. The van der Waals surface area contributed by atoms with E-state index in [1.165, 1.54) is 29.7 Å². The second-order valence-electron chi connectivity index (χ2n) is 6.78. The van der Waals surface area contributed by atoms with Crippen LogP contribution in [-0.4, -0.2) is 52.2 Å². The molecule has 3 heterocycles. The minimum atomic E-state index is -3.52. The summed E-state index contributed by atoms with van der Waals surface area (Å²) in [5.74, 6) is 1.21. The van der Waals surface area contributed by atoms with E-state index in [1.807, 2.05) is 12.1 Å². The van der Waals surface area contributed by atoms with Crippen LogP contribution in [0.5, 0.6) is 5.88 Å². The van der Waals surface area contributed by atoms with Crippen molar-refractivity contribution in [3.63, 3.8) is 0 Å². The fourth-order valence-corrected chi connectivity index (χ4v) is 4.51. The lowest BCUT2D eigenvalue weighted by atomic mass is 10.1. The third kappa shape index (κ3) is 3.52. The van der Waals surface area contributed by atoms with Gasteiger partial charge in [-0.3, -0.25) is 0 Å². The van der Waals surface area contributed by atoms with Crippen molar-refractivity contribution in [2.45, 2.75) is 30.2 Å². The monoisotopic (exact) mass is 363 g/mol. The molecule has 2 aromatic rings. The number of hydrogen-bond donors (Lipinski definition) is 0. The average molecular weight is 363 g/mol. The number of sulfonamides is 1. The van der Waals surface area contributed by atoms with Crippen LogP contribution in [0.4, 0.5) is 0 Å². The Bertz CT molecular complexity index is 845. The van der Waals surface area contributed by atoms with Crippen molar-refractivity contribution >= 4 is 10.0 Å². The summed E-state index contributed by atoms with van der Waals surface area (Å²) in [4.78, 5) is 3.96. The standard InChI is InChI=1S/C16H21N5O3S/c1-20-9-16(17-11-20)25(22,23)21-7-6-12(8-21)10-24-15-5-4-14(18-19-15)13-2-3-13/h4-5,9,11-13H,2-3,6-8,10H2,1H3. The van der Waals surface area contributed by atoms with E-state index in [4.69, 9.17) is 4.74 Å². The molecule has 1 saturated carbocycles. The molecule has 1 saturated heterocycles. The average Bonchev–Trinajstić information content (AvgIpc) is 3.16. The van der Waals surface area contributed by atoms with Gasteiger partial charge in [0.25, 0.3) is 10.0 Å². The second-order valence-corrected chi connectivity index (χ2v) is 8.66. The highest BCUT2D eigenvalue weighted by molar-refractivity contribution is 7.89. The Morgan fingerprint density at radius 1 is 1.24 bits per heavy atom. The summed E-state index contributed by atoms with van der Waals surface area (Å²) in [7, 11) is -1.77. The molecular formula is C16H21N5O3S. The van der Waals surface area contributed by atoms with E-state index in [0.717, 1.165) is 12.1 Å². The van der Waals surface area contributed by atoms with Gasteiger partial charge in [0.05, 0.1) is 18.6 Å². The SMILES string of the molecule is Cn1cnc(S(=O)(=O)N2CCC(COc3ccc(C4CC4)nn3)C2)c1. The first kappa shape index (κ1) is 16.5. The summed E-state index contributed by atoms with van der Waals surface area (Å²) in [6.07, 6.45) is 6.17. The van der Waals surface area contributed by atoms with E-state index in [1.54, 1.807) is 11.6 Å². The van der Waals surface area contributed by atoms with Crippen molar-refractivity contribution in [3.05, 3.63) is 30.4 Å². The number of ether oxygens (including phenoxy) is 1. The molecular weight excluding hydrogens is 342 g/mol. The van der Waals surface area contributed by atoms with E-state index in [0.29, 0.717) is 31.5 Å². The van der Waals surface area contributed by atoms with Crippen LogP contribution in [-0.2, 0) is 17.1 Å². The largest absolute Gasteiger partial charge is 0.476 e. The molecule has 25 heavy (non-hydrogen) atoms. The van der Waals surface area contributed by atoms with Gasteiger partial charge in [-0.25, -0.2) is 13.4 Å². The number of rotatable bonds is 6. The molecule has 0 amide bonds. The highest BCUT2D eigenvalue weighted by Gasteiger charge is 2.34. The predicted octanol–water partition coefficient (Wildman–Crippen LogP) is 1.18. The summed E-state index contributed by atoms with van der Waals surface area (Å²) in [5, 5.41) is 8.39. The van der Waals surface area contributed by atoms with Gasteiger partial charge in [-0.2, -0.15) is 9.40 Å². The molecule has 2 aliphatic rings. The second kappa shape index (κ2) is 6.38. The maximum absolute atomic E-state index is 12.6. The lowest BCUT2D eigenvalue weighted by molar-refractivity contribution is 0.243. The molecule has 1 atom stereocenters. The van der Waals surface area contributed by atoms with Gasteiger partial charge in [0.15, 0.2) is 5.03 Å². The number of imidazole rings is 1. The summed E-state index contributed by atoms with van der Waals surface area (Å²) in [5.41, 5.74) is 1.03. The Kier molecular flexibility index (Phi) is 4.20. The lowest BCUT2D eigenvalue weighted by Gasteiger charge is -2.15. The van der Waals surface area contributed by atoms with Gasteiger partial charge in [-0.15, -0.1) is 5.10 Å². The van der Waals surface area contributed by atoms with Crippen LogP contribution in [0.1, 0.15) is 30.9 Å². The molecule has 0 N–H and O–H groups in total. The molecule has 1 aliphatic heterocycles. The fourth-order valence-electron chi connectivity index (χ4n) is 3.01. The van der Waals surface area contributed by atoms with Gasteiger partial charge in [-0.05, 0) is 25.3 Å². The van der Waals surface area contributed by atoms with E-state index in [-0.39, 0.29) is 10.9 Å². The van der Waals surface area contributed by atoms with E-state index in [2.05, 4.69) is 15.2 Å². The molecule has 8 nitrogen and oxygen atoms in total. The van der Waals surface area contributed by atoms with Crippen LogP contribution in [0, 0.1) is 5.92 Å². The number of nitrogens with zero attached hydrogens (tertiary/aromatic N) is 5. The molecule has 0 bridgehead atoms. The summed E-state index contributed by atoms with van der Waals surface area (Å²) in [6, 6.07) is 3.81. The van der Waals surface area contributed by atoms with E-state index in [9.17, 15) is 8.42 Å². The maximum Gasteiger partial charge on any atom is 0.262 e. The van der Waals surface area contributed by atoms with Crippen LogP contribution >= 0.6 is 0 Å². The Hall–Kier alpha value is -2.00. The molecule has 134 valence electrons. The number of aromatic nitrogens is 4. The topological polar surface area (TPSA) is 90.2 Å². The van der Waals surface area contributed by atoms with Gasteiger partial charge in [0.2, 0.25) is 5.88 Å². The van der Waals surface area contributed by atoms with Crippen molar-refractivity contribution in [1.82, 2.24) is 24.1 Å². The highest BCUT2D eigenvalue weighted by Crippen LogP contribution is 2.38. The minimum Gasteiger partial charge on any atom is -0.476 e. The summed E-state index contributed by atoms with van der Waals surface area (Å²) in [6.45, 7) is 1.36. The Balaban J connectivity index is 1.33. The van der Waals surface area contributed by atoms with Crippen molar-refractivity contribution in [2.75, 3.05) is 19.7 Å². The zero-order chi connectivity index (χ0) is 17.4. The predicted molar refractivity (Wildman–Crippen MR) is 89.6 cm³/mol. The van der Waals surface area contributed by atoms with E-state index >= 15 is 0 Å². The van der Waals surface area contributed by atoms with Crippen molar-refractivity contribution in [2.24, 2.45) is 13.0 Å². The normalized spacial score (nSPS) is 21.6. The Morgan fingerprint density at radius 2 is 2.08 bits per heavy atom. The molecule has 0 spiro atoms. The molecule has 0 aromatic carbocycles. The molecule has 9 heteroatoms. The fraction of sp³-hybridized carbons (Fsp3) is 0.562. The zero-order valence-corrected chi connectivity index (χ0v) is 14.9. The van der Waals surface area contributed by atoms with Gasteiger partial charge in [-0.1, -0.05) is 0 Å². The van der Waals surface area contributed by atoms with Crippen LogP contribution in [0.3, 0.4) is 0 Å². The summed E-state index contributed by atoms with van der Waals surface area (Å²) >= 11 is 0. The van der Waals surface area contributed by atoms with Gasteiger partial charge < -0.3 is 9.30 Å². The minimum absolute atomic E-state index is 0.0955. The number of aryl methyl sites for hydroxylation is 1. The Labute approximate surface area is 146 Å². The van der Waals surface area contributed by atoms with Crippen LogP contribution in [0.15, 0.2) is 29.7 Å². The van der Waals surface area contributed by atoms with Crippen LogP contribution < -0.4 is 4.74 Å². The maximum atomic E-state index is 12.6. The Morgan fingerprint density at radius 3 is 2.72 bits per heavy atom. The first-order valence-corrected chi connectivity index (χ1v) is 9.91. The van der Waals surface area contributed by atoms with Crippen LogP contribution in [0.2, 0.25) is 0 Å². The number of hydrogen-bond acceptors (Lipinski definition) is 6. The van der Waals surface area contributed by atoms with Crippen molar-refractivity contribution in [3.8, 4) is 5.88 Å². The first-order chi connectivity index (χ1) is 12.0. The molecule has 0 radical (unpaired) electrons. The summed E-state index contributed by atoms with van der Waals surface area (Å²) < 4.78 is 33.9. The molecule has 1 unspecified atom stereocenters. The molecule has 2 aromatic heterocycles. The smallest absolute Gasteiger partial charge is 0.262 e. The quantitative estimate of drug-likeness (QED) is 0.765. The third-order valence-electron chi connectivity index (χ3n) is 4.66. The van der Waals surface area contributed by atoms with Crippen LogP contribution in [0.25, 0.3) is 0 Å². The van der Waals surface area contributed by atoms with E-state index < -0.39 is 10.0 Å². The van der Waals surface area contributed by atoms with Gasteiger partial charge in [0.1, 0.15) is 0 Å². The molecule has 4 rings (SSSR count). The molecule has 2 fully saturated rings. The highest BCUT2D eigenvalue weighted by atomic mass is 32.2. The van der Waals surface area contributed by atoms with Gasteiger partial charge >= 0.3 is 0 Å². The zero-order valence-electron chi connectivity index (χ0n) is 14.1. The first-order valence-electron chi connectivity index (χ1n) is 8.47. The van der Waals surface area contributed by atoms with Crippen molar-refractivity contribution in [1.29, 1.82) is 0 Å². The van der Waals surface area contributed by atoms with Gasteiger partial charge in [0, 0.05) is 44.2 Å².